The number of carbonyl (C=O) groups is 2. The van der Waals surface area contributed by atoms with Gasteiger partial charge in [-0.2, -0.15) is 0 Å². The van der Waals surface area contributed by atoms with Gasteiger partial charge in [-0.25, -0.2) is 0 Å². The lowest BCUT2D eigenvalue weighted by Crippen LogP contribution is -2.10. The van der Waals surface area contributed by atoms with Crippen LogP contribution in [0.1, 0.15) is 103 Å². The third-order valence-electron chi connectivity index (χ3n) is 4.95. The largest absolute Gasteiger partial charge is 0.481 e. The van der Waals surface area contributed by atoms with Crippen molar-refractivity contribution in [3.8, 4) is 0 Å². The van der Waals surface area contributed by atoms with Gasteiger partial charge in [-0.05, 0) is 32.1 Å². The Labute approximate surface area is 191 Å². The minimum atomic E-state index is -0.870. The summed E-state index contributed by atoms with van der Waals surface area (Å²) in [6.45, 7) is 2.54. The second kappa shape index (κ2) is 18.8. The Morgan fingerprint density at radius 3 is 2.06 bits per heavy atom. The Morgan fingerprint density at radius 1 is 0.839 bits per heavy atom. The van der Waals surface area contributed by atoms with E-state index in [2.05, 4.69) is 39.9 Å². The first kappa shape index (κ1) is 27.1. The van der Waals surface area contributed by atoms with Gasteiger partial charge in [0.15, 0.2) is 0 Å². The fourth-order valence-electron chi connectivity index (χ4n) is 3.16. The van der Waals surface area contributed by atoms with Crippen LogP contribution in [0.5, 0.6) is 0 Å². The van der Waals surface area contributed by atoms with E-state index < -0.39 is 5.97 Å². The molecular weight excluding hydrogens is 412 g/mol. The number of hydrogen-bond acceptors (Lipinski definition) is 6. The smallest absolute Gasteiger partial charge is 0.305 e. The molecule has 0 aromatic carbocycles. The number of amides is 1. The number of nitrogens with one attached hydrogen (secondary N) is 2. The van der Waals surface area contributed by atoms with E-state index in [9.17, 15) is 9.59 Å². The van der Waals surface area contributed by atoms with E-state index in [1.54, 1.807) is 0 Å². The van der Waals surface area contributed by atoms with Crippen LogP contribution < -0.4 is 10.6 Å². The molecule has 0 fully saturated rings. The summed E-state index contributed by atoms with van der Waals surface area (Å²) in [7, 11) is 0. The molecule has 176 valence electrons. The molecule has 0 aliphatic rings. The fourth-order valence-corrected chi connectivity index (χ4v) is 3.85. The molecule has 0 aliphatic heterocycles. The van der Waals surface area contributed by atoms with E-state index in [0.29, 0.717) is 16.7 Å². The lowest BCUT2D eigenvalue weighted by molar-refractivity contribution is -0.136. The Kier molecular flexibility index (Phi) is 16.4. The fraction of sp³-hybridized carbons (Fsp3) is 0.739. The third-order valence-corrected chi connectivity index (χ3v) is 5.75. The first-order valence-electron chi connectivity index (χ1n) is 11.9. The minimum Gasteiger partial charge on any atom is -0.481 e. The summed E-state index contributed by atoms with van der Waals surface area (Å²) in [5.41, 5.74) is 0. The van der Waals surface area contributed by atoms with Crippen molar-refractivity contribution in [2.45, 2.75) is 103 Å². The van der Waals surface area contributed by atoms with Gasteiger partial charge < -0.3 is 15.7 Å². The molecule has 3 N–H and O–H groups in total. The summed E-state index contributed by atoms with van der Waals surface area (Å²) in [6, 6.07) is 0. The van der Waals surface area contributed by atoms with Crippen molar-refractivity contribution in [3.63, 3.8) is 0 Å². The maximum absolute atomic E-state index is 12.0. The van der Waals surface area contributed by atoms with Gasteiger partial charge in [0.25, 0.3) is 0 Å². The second-order valence-electron chi connectivity index (χ2n) is 7.87. The van der Waals surface area contributed by atoms with Crippen molar-refractivity contribution in [3.05, 3.63) is 12.2 Å². The van der Waals surface area contributed by atoms with Crippen molar-refractivity contribution in [1.82, 2.24) is 10.2 Å². The number of allylic oxidation sites excluding steroid dienone is 2. The third kappa shape index (κ3) is 16.4. The predicted molar refractivity (Wildman–Crippen MR) is 129 cm³/mol. The van der Waals surface area contributed by atoms with Crippen LogP contribution in [0.25, 0.3) is 0 Å². The van der Waals surface area contributed by atoms with Crippen LogP contribution in [0.15, 0.2) is 12.2 Å². The SMILES string of the molecule is CCCCCCCC/C=C/CCCCCCCC(=O)Nc1nnc(NCCC(=O)O)s1. The predicted octanol–water partition coefficient (Wildman–Crippen LogP) is 6.40. The Bertz CT molecular complexity index is 634. The Hall–Kier alpha value is -1.96. The Balaban J connectivity index is 1.93. The molecule has 0 spiro atoms. The molecule has 1 aromatic heterocycles. The highest BCUT2D eigenvalue weighted by Crippen LogP contribution is 2.20. The number of anilines is 2. The summed E-state index contributed by atoms with van der Waals surface area (Å²) < 4.78 is 0. The van der Waals surface area contributed by atoms with E-state index >= 15 is 0 Å². The molecule has 8 heteroatoms. The van der Waals surface area contributed by atoms with Crippen LogP contribution in [0.3, 0.4) is 0 Å². The highest BCUT2D eigenvalue weighted by atomic mass is 32.1. The molecular formula is C23H40N4O3S. The van der Waals surface area contributed by atoms with E-state index in [-0.39, 0.29) is 18.9 Å². The average Bonchev–Trinajstić information content (AvgIpc) is 3.17. The molecule has 0 bridgehead atoms. The van der Waals surface area contributed by atoms with Crippen LogP contribution in [0, 0.1) is 0 Å². The maximum Gasteiger partial charge on any atom is 0.305 e. The molecule has 1 rings (SSSR count). The highest BCUT2D eigenvalue weighted by Gasteiger charge is 2.08. The van der Waals surface area contributed by atoms with Gasteiger partial charge in [-0.15, -0.1) is 10.2 Å². The summed E-state index contributed by atoms with van der Waals surface area (Å²) >= 11 is 1.21. The van der Waals surface area contributed by atoms with Crippen LogP contribution in [-0.4, -0.2) is 33.7 Å². The molecule has 0 atom stereocenters. The standard InChI is InChI=1S/C23H40N4O3S/c1-2-3-4-5-6-7-8-9-10-11-12-13-14-15-16-17-20(28)25-23-27-26-22(31-23)24-19-18-21(29)30/h9-10H,2-8,11-19H2,1H3,(H,24,26)(H,29,30)(H,25,27,28)/b10-9+. The number of carboxylic acid groups (broad SMARTS) is 1. The first-order chi connectivity index (χ1) is 15.1. The average molecular weight is 453 g/mol. The van der Waals surface area contributed by atoms with Gasteiger partial charge in [0.2, 0.25) is 16.2 Å². The summed E-state index contributed by atoms with van der Waals surface area (Å²) in [6.07, 6.45) is 21.2. The number of aliphatic carboxylic acids is 1. The van der Waals surface area contributed by atoms with Crippen LogP contribution in [-0.2, 0) is 9.59 Å². The van der Waals surface area contributed by atoms with Crippen molar-refractivity contribution < 1.29 is 14.7 Å². The van der Waals surface area contributed by atoms with E-state index in [1.165, 1.54) is 69.1 Å². The first-order valence-corrected chi connectivity index (χ1v) is 12.7. The molecule has 31 heavy (non-hydrogen) atoms. The number of carbonyl (C=O) groups excluding carboxylic acids is 1. The zero-order valence-corrected chi connectivity index (χ0v) is 19.9. The zero-order chi connectivity index (χ0) is 22.6. The number of nitrogens with zero attached hydrogens (tertiary/aromatic N) is 2. The summed E-state index contributed by atoms with van der Waals surface area (Å²) in [5.74, 6) is -0.920. The monoisotopic (exact) mass is 452 g/mol. The number of unbranched alkanes of at least 4 members (excludes halogenated alkanes) is 11. The molecule has 0 aliphatic carbocycles. The van der Waals surface area contributed by atoms with Crippen LogP contribution in [0.2, 0.25) is 0 Å². The second-order valence-corrected chi connectivity index (χ2v) is 8.84. The molecule has 0 radical (unpaired) electrons. The van der Waals surface area contributed by atoms with Crippen molar-refractivity contribution in [2.75, 3.05) is 17.2 Å². The number of carboxylic acids is 1. The van der Waals surface area contributed by atoms with Gasteiger partial charge in [-0.1, -0.05) is 81.8 Å². The van der Waals surface area contributed by atoms with Gasteiger partial charge in [-0.3, -0.25) is 9.59 Å². The molecule has 1 heterocycles. The van der Waals surface area contributed by atoms with Gasteiger partial charge in [0, 0.05) is 13.0 Å². The van der Waals surface area contributed by atoms with Gasteiger partial charge >= 0.3 is 5.97 Å². The molecule has 1 aromatic rings. The summed E-state index contributed by atoms with van der Waals surface area (Å²) in [5, 5.41) is 23.0. The highest BCUT2D eigenvalue weighted by molar-refractivity contribution is 7.19. The van der Waals surface area contributed by atoms with Crippen LogP contribution in [0.4, 0.5) is 10.3 Å². The van der Waals surface area contributed by atoms with E-state index in [4.69, 9.17) is 5.11 Å². The molecule has 0 unspecified atom stereocenters. The van der Waals surface area contributed by atoms with Gasteiger partial charge in [0.1, 0.15) is 0 Å². The lowest BCUT2D eigenvalue weighted by Gasteiger charge is -2.02. The van der Waals surface area contributed by atoms with E-state index in [0.717, 1.165) is 25.7 Å². The van der Waals surface area contributed by atoms with Crippen molar-refractivity contribution in [1.29, 1.82) is 0 Å². The molecule has 1 amide bonds. The minimum absolute atomic E-state index is 0.0107. The normalized spacial score (nSPS) is 11.1. The number of rotatable bonds is 20. The van der Waals surface area contributed by atoms with Crippen molar-refractivity contribution in [2.24, 2.45) is 0 Å². The Morgan fingerprint density at radius 2 is 1.42 bits per heavy atom. The summed E-state index contributed by atoms with van der Waals surface area (Å²) in [4.78, 5) is 22.5. The van der Waals surface area contributed by atoms with E-state index in [1.807, 2.05) is 0 Å². The number of aromatic nitrogens is 2. The molecule has 0 saturated carbocycles. The van der Waals surface area contributed by atoms with Crippen molar-refractivity contribution >= 4 is 33.5 Å². The molecule has 7 nitrogen and oxygen atoms in total. The lowest BCUT2D eigenvalue weighted by atomic mass is 10.1. The van der Waals surface area contributed by atoms with Crippen LogP contribution >= 0.6 is 11.3 Å². The van der Waals surface area contributed by atoms with Gasteiger partial charge in [0.05, 0.1) is 6.42 Å². The maximum atomic E-state index is 12.0. The topological polar surface area (TPSA) is 104 Å². The molecule has 0 saturated heterocycles. The number of hydrogen-bond donors (Lipinski definition) is 3. The zero-order valence-electron chi connectivity index (χ0n) is 19.0. The quantitative estimate of drug-likeness (QED) is 0.156.